The minimum absolute atomic E-state index is 0.118. The fourth-order valence-corrected chi connectivity index (χ4v) is 8.92. The Balaban J connectivity index is 0.746. The predicted octanol–water partition coefficient (Wildman–Crippen LogP) is 4.99. The summed E-state index contributed by atoms with van der Waals surface area (Å²) in [6, 6.07) is 18.5. The number of piperidine rings is 1. The Morgan fingerprint density at radius 2 is 1.77 bits per heavy atom. The highest BCUT2D eigenvalue weighted by atomic mass is 19.1. The summed E-state index contributed by atoms with van der Waals surface area (Å²) in [5, 5.41) is 2.37. The zero-order valence-electron chi connectivity index (χ0n) is 31.4. The predicted molar refractivity (Wildman–Crippen MR) is 212 cm³/mol. The molecule has 9 rings (SSSR count). The van der Waals surface area contributed by atoms with Crippen molar-refractivity contribution in [1.82, 2.24) is 35.0 Å². The number of anilines is 2. The van der Waals surface area contributed by atoms with Crippen molar-refractivity contribution >= 4 is 35.3 Å². The van der Waals surface area contributed by atoms with Gasteiger partial charge in [-0.1, -0.05) is 24.8 Å². The molecular formula is C43H46FN9O3. The van der Waals surface area contributed by atoms with Gasteiger partial charge in [0.1, 0.15) is 23.5 Å². The van der Waals surface area contributed by atoms with E-state index >= 15 is 0 Å². The Bertz CT molecular complexity index is 2210. The van der Waals surface area contributed by atoms with E-state index in [4.69, 9.17) is 4.98 Å². The first kappa shape index (κ1) is 35.9. The molecule has 0 radical (unpaired) electrons. The van der Waals surface area contributed by atoms with Crippen molar-refractivity contribution in [3.05, 3.63) is 114 Å². The van der Waals surface area contributed by atoms with Gasteiger partial charge in [-0.25, -0.2) is 14.4 Å². The van der Waals surface area contributed by atoms with Gasteiger partial charge >= 0.3 is 0 Å². The lowest BCUT2D eigenvalue weighted by atomic mass is 9.97. The van der Waals surface area contributed by atoms with E-state index in [-0.39, 0.29) is 36.0 Å². The van der Waals surface area contributed by atoms with Crippen LogP contribution in [0.25, 0.3) is 17.5 Å². The third-order valence-corrected chi connectivity index (χ3v) is 11.9. The monoisotopic (exact) mass is 755 g/mol. The number of aromatic amines is 1. The Morgan fingerprint density at radius 1 is 0.929 bits per heavy atom. The van der Waals surface area contributed by atoms with Crippen LogP contribution in [0.5, 0.6) is 0 Å². The van der Waals surface area contributed by atoms with Gasteiger partial charge < -0.3 is 24.6 Å². The molecule has 0 saturated carbocycles. The Hall–Kier alpha value is -5.82. The SMILES string of the molecule is C=C(/C=C\c1ncc(-c2cccc(N3CCN(CC4CN(c5ccc6c(c5)CN(C5CCC(=O)NC5=O)C6=O)C4)CC3)n2)[nH]1)N1CCC[C@@H]1c1cccc(F)c1. The molecule has 2 aromatic heterocycles. The maximum absolute atomic E-state index is 13.9. The normalized spacial score (nSPS) is 21.9. The number of H-pyrrole nitrogens is 1. The molecule has 7 heterocycles. The lowest BCUT2D eigenvalue weighted by Gasteiger charge is -2.45. The summed E-state index contributed by atoms with van der Waals surface area (Å²) in [5.74, 6) is 1.24. The Labute approximate surface area is 325 Å². The zero-order chi connectivity index (χ0) is 38.3. The molecule has 4 fully saturated rings. The molecule has 0 spiro atoms. The smallest absolute Gasteiger partial charge is 0.255 e. The van der Waals surface area contributed by atoms with E-state index in [0.717, 1.165) is 111 Å². The van der Waals surface area contributed by atoms with Gasteiger partial charge in [0.15, 0.2) is 0 Å². The second kappa shape index (κ2) is 15.0. The highest BCUT2D eigenvalue weighted by Crippen LogP contribution is 2.36. The molecule has 2 atom stereocenters. The quantitative estimate of drug-likeness (QED) is 0.170. The summed E-state index contributed by atoms with van der Waals surface area (Å²) in [5.41, 5.74) is 6.25. The van der Waals surface area contributed by atoms with Crippen molar-refractivity contribution in [2.75, 3.05) is 62.2 Å². The van der Waals surface area contributed by atoms with Crippen LogP contribution in [0.2, 0.25) is 0 Å². The number of likely N-dealkylation sites (tertiary alicyclic amines) is 1. The summed E-state index contributed by atoms with van der Waals surface area (Å²) in [6.07, 6.45) is 8.35. The van der Waals surface area contributed by atoms with Gasteiger partial charge in [-0.2, -0.15) is 0 Å². The summed E-state index contributed by atoms with van der Waals surface area (Å²) in [4.78, 5) is 61.2. The fraction of sp³-hybridized carbons (Fsp3) is 0.372. The van der Waals surface area contributed by atoms with E-state index in [1.807, 2.05) is 48.7 Å². The largest absolute Gasteiger partial charge is 0.371 e. The van der Waals surface area contributed by atoms with Crippen LogP contribution in [0.4, 0.5) is 15.9 Å². The number of piperazine rings is 1. The second-order valence-corrected chi connectivity index (χ2v) is 15.6. The Morgan fingerprint density at radius 3 is 2.59 bits per heavy atom. The Kier molecular flexibility index (Phi) is 9.62. The number of hydrogen-bond acceptors (Lipinski definition) is 9. The summed E-state index contributed by atoms with van der Waals surface area (Å²) in [7, 11) is 0. The lowest BCUT2D eigenvalue weighted by Crippen LogP contribution is -2.55. The van der Waals surface area contributed by atoms with E-state index in [9.17, 15) is 18.8 Å². The van der Waals surface area contributed by atoms with Crippen molar-refractivity contribution in [1.29, 1.82) is 0 Å². The maximum atomic E-state index is 13.9. The molecule has 3 amide bonds. The number of hydrogen-bond donors (Lipinski definition) is 2. The number of carbonyl (C=O) groups is 3. The number of imidazole rings is 1. The number of rotatable bonds is 10. The lowest BCUT2D eigenvalue weighted by molar-refractivity contribution is -0.136. The van der Waals surface area contributed by atoms with Crippen molar-refractivity contribution in [2.45, 2.75) is 44.3 Å². The number of benzene rings is 2. The zero-order valence-corrected chi connectivity index (χ0v) is 31.4. The van der Waals surface area contributed by atoms with Gasteiger partial charge in [-0.3, -0.25) is 24.6 Å². The third kappa shape index (κ3) is 7.18. The number of aromatic nitrogens is 3. The van der Waals surface area contributed by atoms with Crippen LogP contribution in [-0.2, 0) is 16.1 Å². The van der Waals surface area contributed by atoms with Crippen LogP contribution >= 0.6 is 0 Å². The van der Waals surface area contributed by atoms with Gasteiger partial charge in [0.2, 0.25) is 11.8 Å². The first-order chi connectivity index (χ1) is 27.3. The van der Waals surface area contributed by atoms with Crippen LogP contribution < -0.4 is 15.1 Å². The first-order valence-electron chi connectivity index (χ1n) is 19.7. The van der Waals surface area contributed by atoms with Crippen LogP contribution in [0.3, 0.4) is 0 Å². The number of allylic oxidation sites excluding steroid dienone is 1. The molecule has 2 N–H and O–H groups in total. The van der Waals surface area contributed by atoms with E-state index in [0.29, 0.717) is 24.4 Å². The van der Waals surface area contributed by atoms with E-state index < -0.39 is 6.04 Å². The number of nitrogens with one attached hydrogen (secondary N) is 2. The van der Waals surface area contributed by atoms with Crippen LogP contribution in [0.15, 0.2) is 85.2 Å². The number of carbonyl (C=O) groups excluding carboxylic acids is 3. The number of imide groups is 1. The molecule has 13 heteroatoms. The summed E-state index contributed by atoms with van der Waals surface area (Å²) < 4.78 is 13.9. The highest BCUT2D eigenvalue weighted by molar-refractivity contribution is 6.05. The molecular weight excluding hydrogens is 710 g/mol. The molecule has 5 aliphatic heterocycles. The number of fused-ring (bicyclic) bond motifs is 1. The molecule has 5 aliphatic rings. The highest BCUT2D eigenvalue weighted by Gasteiger charge is 2.40. The van der Waals surface area contributed by atoms with Crippen LogP contribution in [0, 0.1) is 11.7 Å². The minimum Gasteiger partial charge on any atom is -0.371 e. The van der Waals surface area contributed by atoms with E-state index in [1.54, 1.807) is 17.0 Å². The third-order valence-electron chi connectivity index (χ3n) is 11.9. The number of halogens is 1. The van der Waals surface area contributed by atoms with E-state index in [1.165, 1.54) is 6.07 Å². The molecule has 4 aromatic rings. The molecule has 0 aliphatic carbocycles. The van der Waals surface area contributed by atoms with Crippen molar-refractivity contribution < 1.29 is 18.8 Å². The molecule has 56 heavy (non-hydrogen) atoms. The van der Waals surface area contributed by atoms with Gasteiger partial charge in [0, 0.05) is 88.2 Å². The minimum atomic E-state index is -0.598. The second-order valence-electron chi connectivity index (χ2n) is 15.6. The molecule has 12 nitrogen and oxygen atoms in total. The van der Waals surface area contributed by atoms with E-state index in [2.05, 4.69) is 53.6 Å². The molecule has 1 unspecified atom stereocenters. The standard InChI is InChI=1S/C43H46FN9O3/c1-28(52-16-4-8-37(52)30-5-2-6-32(44)21-30)10-14-39-45-23-36(46-39)35-7-3-9-40(47-35)50-19-17-49(18-20-50)24-29-25-51(26-29)33-11-12-34-31(22-33)27-53(43(34)56)38-13-15-41(54)48-42(38)55/h2-3,5-7,9-12,14,21-23,29,37-38H,1,4,8,13,15-20,24-27H2,(H,45,46)(H,48,54,55)/b14-10-/t37-,38?/m1/s1. The van der Waals surface area contributed by atoms with Crippen molar-refractivity contribution in [3.63, 3.8) is 0 Å². The van der Waals surface area contributed by atoms with Gasteiger partial charge in [0.05, 0.1) is 23.6 Å². The van der Waals surface area contributed by atoms with Crippen LogP contribution in [-0.4, -0.2) is 106 Å². The average Bonchev–Trinajstić information content (AvgIpc) is 3.95. The number of amides is 3. The topological polar surface area (TPSA) is 121 Å². The molecule has 4 saturated heterocycles. The van der Waals surface area contributed by atoms with Gasteiger partial charge in [-0.15, -0.1) is 0 Å². The summed E-state index contributed by atoms with van der Waals surface area (Å²) in [6.45, 7) is 12.3. The average molecular weight is 756 g/mol. The number of nitrogens with zero attached hydrogens (tertiary/aromatic N) is 7. The molecule has 2 aromatic carbocycles. The van der Waals surface area contributed by atoms with Crippen molar-refractivity contribution in [3.8, 4) is 11.4 Å². The summed E-state index contributed by atoms with van der Waals surface area (Å²) >= 11 is 0. The van der Waals surface area contributed by atoms with Crippen molar-refractivity contribution in [2.24, 2.45) is 5.92 Å². The van der Waals surface area contributed by atoms with Crippen LogP contribution in [0.1, 0.15) is 59.0 Å². The molecule has 288 valence electrons. The first-order valence-corrected chi connectivity index (χ1v) is 19.7. The van der Waals surface area contributed by atoms with Gasteiger partial charge in [0.25, 0.3) is 5.91 Å². The fourth-order valence-electron chi connectivity index (χ4n) is 8.92. The maximum Gasteiger partial charge on any atom is 0.255 e. The molecule has 0 bridgehead atoms. The van der Waals surface area contributed by atoms with Gasteiger partial charge in [-0.05, 0) is 85.0 Å². The number of pyridine rings is 1.